The normalized spacial score (nSPS) is 11.5. The lowest BCUT2D eigenvalue weighted by atomic mass is 10.1. The van der Waals surface area contributed by atoms with E-state index in [0.717, 1.165) is 5.56 Å². The van der Waals surface area contributed by atoms with Crippen molar-refractivity contribution in [3.05, 3.63) is 35.4 Å². The molecule has 1 aromatic rings. The van der Waals surface area contributed by atoms with Gasteiger partial charge in [-0.15, -0.1) is 0 Å². The van der Waals surface area contributed by atoms with Gasteiger partial charge in [0, 0.05) is 0 Å². The predicted octanol–water partition coefficient (Wildman–Crippen LogP) is 1.74. The van der Waals surface area contributed by atoms with Crippen LogP contribution in [0.4, 0.5) is 0 Å². The lowest BCUT2D eigenvalue weighted by Crippen LogP contribution is -2.21. The Morgan fingerprint density at radius 2 is 1.74 bits per heavy atom. The standard InChI is InChI=1S/C14H16O5/c1-9(10(2)15)13(16)19-8-11-4-6-12(7-5-11)14(17)18-3/h4-7,9H,8H2,1-3H3. The first-order chi connectivity index (χ1) is 8.95. The summed E-state index contributed by atoms with van der Waals surface area (Å²) in [7, 11) is 1.31. The summed E-state index contributed by atoms with van der Waals surface area (Å²) in [4.78, 5) is 33.7. The van der Waals surface area contributed by atoms with Crippen LogP contribution in [0.1, 0.15) is 29.8 Å². The van der Waals surface area contributed by atoms with Crippen LogP contribution in [0.25, 0.3) is 0 Å². The molecule has 0 aliphatic rings. The van der Waals surface area contributed by atoms with E-state index in [1.165, 1.54) is 21.0 Å². The van der Waals surface area contributed by atoms with Crippen molar-refractivity contribution in [2.24, 2.45) is 5.92 Å². The smallest absolute Gasteiger partial charge is 0.337 e. The molecule has 0 aromatic heterocycles. The van der Waals surface area contributed by atoms with Crippen LogP contribution in [0.3, 0.4) is 0 Å². The number of benzene rings is 1. The summed E-state index contributed by atoms with van der Waals surface area (Å²) in [5.74, 6) is -1.96. The van der Waals surface area contributed by atoms with Gasteiger partial charge in [0.2, 0.25) is 0 Å². The fourth-order valence-corrected chi connectivity index (χ4v) is 1.30. The van der Waals surface area contributed by atoms with Crippen molar-refractivity contribution >= 4 is 17.7 Å². The molecular formula is C14H16O5. The Kier molecular flexibility index (Phi) is 5.23. The number of methoxy groups -OCH3 is 1. The number of ketones is 1. The molecule has 0 radical (unpaired) electrons. The number of hydrogen-bond acceptors (Lipinski definition) is 5. The van der Waals surface area contributed by atoms with Crippen molar-refractivity contribution in [1.82, 2.24) is 0 Å². The monoisotopic (exact) mass is 264 g/mol. The molecule has 0 heterocycles. The molecule has 0 aliphatic carbocycles. The maximum Gasteiger partial charge on any atom is 0.337 e. The highest BCUT2D eigenvalue weighted by Crippen LogP contribution is 2.09. The Hall–Kier alpha value is -2.17. The average molecular weight is 264 g/mol. The number of ether oxygens (including phenoxy) is 2. The molecule has 5 nitrogen and oxygen atoms in total. The highest BCUT2D eigenvalue weighted by Gasteiger charge is 2.18. The summed E-state index contributed by atoms with van der Waals surface area (Å²) in [5, 5.41) is 0. The Bertz CT molecular complexity index is 475. The highest BCUT2D eigenvalue weighted by atomic mass is 16.5. The first-order valence-electron chi connectivity index (χ1n) is 5.80. The summed E-state index contributed by atoms with van der Waals surface area (Å²) in [6.07, 6.45) is 0. The highest BCUT2D eigenvalue weighted by molar-refractivity contribution is 5.97. The number of rotatable bonds is 5. The van der Waals surface area contributed by atoms with E-state index in [1.807, 2.05) is 0 Å². The summed E-state index contributed by atoms with van der Waals surface area (Å²) in [6, 6.07) is 6.50. The molecule has 0 saturated carbocycles. The van der Waals surface area contributed by atoms with Gasteiger partial charge >= 0.3 is 11.9 Å². The molecule has 0 N–H and O–H groups in total. The Balaban J connectivity index is 2.57. The minimum absolute atomic E-state index is 0.0674. The lowest BCUT2D eigenvalue weighted by Gasteiger charge is -2.08. The average Bonchev–Trinajstić information content (AvgIpc) is 2.43. The van der Waals surface area contributed by atoms with E-state index in [9.17, 15) is 14.4 Å². The summed E-state index contributed by atoms with van der Waals surface area (Å²) < 4.78 is 9.57. The van der Waals surface area contributed by atoms with Gasteiger partial charge < -0.3 is 9.47 Å². The van der Waals surface area contributed by atoms with E-state index >= 15 is 0 Å². The number of hydrogen-bond donors (Lipinski definition) is 0. The molecule has 0 bridgehead atoms. The van der Waals surface area contributed by atoms with Gasteiger partial charge in [0.25, 0.3) is 0 Å². The Labute approximate surface area is 111 Å². The van der Waals surface area contributed by atoms with E-state index in [2.05, 4.69) is 4.74 Å². The molecule has 0 fully saturated rings. The zero-order valence-electron chi connectivity index (χ0n) is 11.1. The van der Waals surface area contributed by atoms with Gasteiger partial charge in [-0.25, -0.2) is 4.79 Å². The fourth-order valence-electron chi connectivity index (χ4n) is 1.30. The maximum atomic E-state index is 11.5. The largest absolute Gasteiger partial charge is 0.465 e. The summed E-state index contributed by atoms with van der Waals surface area (Å²) in [5.41, 5.74) is 1.16. The molecule has 102 valence electrons. The van der Waals surface area contributed by atoms with Crippen molar-refractivity contribution in [3.8, 4) is 0 Å². The molecule has 0 saturated heterocycles. The quantitative estimate of drug-likeness (QED) is 0.598. The summed E-state index contributed by atoms with van der Waals surface area (Å²) >= 11 is 0. The summed E-state index contributed by atoms with van der Waals surface area (Å²) in [6.45, 7) is 2.92. The number of Topliss-reactive ketones (excluding diaryl/α,β-unsaturated/α-hetero) is 1. The second kappa shape index (κ2) is 6.68. The van der Waals surface area contributed by atoms with Crippen LogP contribution < -0.4 is 0 Å². The maximum absolute atomic E-state index is 11.5. The van der Waals surface area contributed by atoms with Crippen LogP contribution in [0, 0.1) is 5.92 Å². The van der Waals surface area contributed by atoms with Crippen molar-refractivity contribution in [2.45, 2.75) is 20.5 Å². The van der Waals surface area contributed by atoms with E-state index in [1.54, 1.807) is 24.3 Å². The van der Waals surface area contributed by atoms with Crippen LogP contribution >= 0.6 is 0 Å². The fraction of sp³-hybridized carbons (Fsp3) is 0.357. The molecule has 5 heteroatoms. The lowest BCUT2D eigenvalue weighted by molar-refractivity contribution is -0.152. The topological polar surface area (TPSA) is 69.7 Å². The van der Waals surface area contributed by atoms with Crippen LogP contribution in [0.2, 0.25) is 0 Å². The first-order valence-corrected chi connectivity index (χ1v) is 5.80. The minimum atomic E-state index is -0.755. The second-order valence-electron chi connectivity index (χ2n) is 4.13. The Morgan fingerprint density at radius 3 is 2.21 bits per heavy atom. The van der Waals surface area contributed by atoms with Gasteiger partial charge in [0.05, 0.1) is 12.7 Å². The molecule has 1 unspecified atom stereocenters. The van der Waals surface area contributed by atoms with E-state index < -0.39 is 17.9 Å². The van der Waals surface area contributed by atoms with Crippen molar-refractivity contribution in [2.75, 3.05) is 7.11 Å². The third-order valence-corrected chi connectivity index (χ3v) is 2.72. The number of carbonyl (C=O) groups excluding carboxylic acids is 3. The predicted molar refractivity (Wildman–Crippen MR) is 67.4 cm³/mol. The number of esters is 2. The van der Waals surface area contributed by atoms with Crippen LogP contribution in [-0.4, -0.2) is 24.8 Å². The van der Waals surface area contributed by atoms with Crippen molar-refractivity contribution in [3.63, 3.8) is 0 Å². The van der Waals surface area contributed by atoms with E-state index in [0.29, 0.717) is 5.56 Å². The third kappa shape index (κ3) is 4.21. The molecule has 0 spiro atoms. The molecular weight excluding hydrogens is 248 g/mol. The molecule has 19 heavy (non-hydrogen) atoms. The third-order valence-electron chi connectivity index (χ3n) is 2.72. The van der Waals surface area contributed by atoms with Crippen LogP contribution in [-0.2, 0) is 25.7 Å². The van der Waals surface area contributed by atoms with Crippen molar-refractivity contribution in [1.29, 1.82) is 0 Å². The minimum Gasteiger partial charge on any atom is -0.465 e. The van der Waals surface area contributed by atoms with Gasteiger partial charge in [-0.05, 0) is 31.5 Å². The van der Waals surface area contributed by atoms with E-state index in [-0.39, 0.29) is 12.4 Å². The van der Waals surface area contributed by atoms with Crippen LogP contribution in [0.15, 0.2) is 24.3 Å². The molecule has 1 rings (SSSR count). The van der Waals surface area contributed by atoms with E-state index in [4.69, 9.17) is 4.74 Å². The van der Waals surface area contributed by atoms with Gasteiger partial charge in [-0.2, -0.15) is 0 Å². The van der Waals surface area contributed by atoms with Crippen LogP contribution in [0.5, 0.6) is 0 Å². The van der Waals surface area contributed by atoms with Gasteiger partial charge in [0.15, 0.2) is 0 Å². The molecule has 0 amide bonds. The number of carbonyl (C=O) groups is 3. The SMILES string of the molecule is COC(=O)c1ccc(COC(=O)C(C)C(C)=O)cc1. The molecule has 1 aromatic carbocycles. The Morgan fingerprint density at radius 1 is 1.16 bits per heavy atom. The second-order valence-corrected chi connectivity index (χ2v) is 4.13. The van der Waals surface area contributed by atoms with Gasteiger partial charge in [0.1, 0.15) is 18.3 Å². The molecule has 0 aliphatic heterocycles. The first kappa shape index (κ1) is 14.9. The van der Waals surface area contributed by atoms with Gasteiger partial charge in [-0.1, -0.05) is 12.1 Å². The van der Waals surface area contributed by atoms with Gasteiger partial charge in [-0.3, -0.25) is 9.59 Å². The zero-order chi connectivity index (χ0) is 14.4. The van der Waals surface area contributed by atoms with Crippen molar-refractivity contribution < 1.29 is 23.9 Å². The molecule has 1 atom stereocenters. The zero-order valence-corrected chi connectivity index (χ0v) is 11.1.